The van der Waals surface area contributed by atoms with Crippen LogP contribution in [0.25, 0.3) is 0 Å². The van der Waals surface area contributed by atoms with Gasteiger partial charge in [-0.1, -0.05) is 30.7 Å². The molecule has 110 valence electrons. The molecule has 0 amide bonds. The van der Waals surface area contributed by atoms with Gasteiger partial charge in [-0.25, -0.2) is 8.42 Å². The average molecular weight is 319 g/mol. The summed E-state index contributed by atoms with van der Waals surface area (Å²) in [6, 6.07) is 3.50. The molecule has 0 aromatic heterocycles. The van der Waals surface area contributed by atoms with Crippen LogP contribution in [0.2, 0.25) is 5.02 Å². The van der Waals surface area contributed by atoms with Crippen LogP contribution in [0.3, 0.4) is 0 Å². The largest absolute Gasteiger partial charge is 0.290 e. The fourth-order valence-corrected chi connectivity index (χ4v) is 3.47. The van der Waals surface area contributed by atoms with Crippen molar-refractivity contribution in [1.82, 2.24) is 4.31 Å². The molecule has 8 heteroatoms. The Morgan fingerprint density at radius 3 is 2.55 bits per heavy atom. The summed E-state index contributed by atoms with van der Waals surface area (Å²) in [7, 11) is -3.97. The normalized spacial score (nSPS) is 11.6. The van der Waals surface area contributed by atoms with Crippen LogP contribution in [-0.4, -0.2) is 30.7 Å². The summed E-state index contributed by atoms with van der Waals surface area (Å²) < 4.78 is 26.1. The Balaban J connectivity index is 3.41. The van der Waals surface area contributed by atoms with Crippen LogP contribution in [0.15, 0.2) is 35.2 Å². The van der Waals surface area contributed by atoms with Gasteiger partial charge in [0.15, 0.2) is 4.90 Å². The van der Waals surface area contributed by atoms with Crippen LogP contribution in [0, 0.1) is 10.1 Å². The summed E-state index contributed by atoms with van der Waals surface area (Å²) >= 11 is 5.68. The molecule has 0 heterocycles. The predicted molar refractivity (Wildman–Crippen MR) is 77.4 cm³/mol. The molecule has 0 aliphatic heterocycles. The van der Waals surface area contributed by atoms with Gasteiger partial charge in [0, 0.05) is 24.2 Å². The minimum Gasteiger partial charge on any atom is -0.258 e. The zero-order valence-corrected chi connectivity index (χ0v) is 12.7. The molecule has 0 aliphatic rings. The number of benzene rings is 1. The molecule has 0 fully saturated rings. The predicted octanol–water partition coefficient (Wildman–Crippen LogP) is 2.83. The minimum absolute atomic E-state index is 0.110. The minimum atomic E-state index is -3.97. The van der Waals surface area contributed by atoms with E-state index < -0.39 is 20.6 Å². The molecule has 0 spiro atoms. The van der Waals surface area contributed by atoms with E-state index in [1.165, 1.54) is 6.07 Å². The van der Waals surface area contributed by atoms with Crippen LogP contribution in [-0.2, 0) is 10.0 Å². The Morgan fingerprint density at radius 1 is 1.50 bits per heavy atom. The van der Waals surface area contributed by atoms with E-state index in [0.717, 1.165) is 16.4 Å². The number of likely N-dealkylation sites (N-methyl/N-ethyl adjacent to an activating group) is 1. The van der Waals surface area contributed by atoms with Crippen molar-refractivity contribution in [3.05, 3.63) is 45.5 Å². The van der Waals surface area contributed by atoms with E-state index in [2.05, 4.69) is 6.58 Å². The molecule has 0 radical (unpaired) electrons. The van der Waals surface area contributed by atoms with Gasteiger partial charge in [0.25, 0.3) is 5.69 Å². The molecule has 6 nitrogen and oxygen atoms in total. The highest BCUT2D eigenvalue weighted by Crippen LogP contribution is 2.29. The lowest BCUT2D eigenvalue weighted by Gasteiger charge is -2.20. The topological polar surface area (TPSA) is 80.5 Å². The van der Waals surface area contributed by atoms with Crippen molar-refractivity contribution < 1.29 is 13.3 Å². The maximum absolute atomic E-state index is 12.5. The van der Waals surface area contributed by atoms with Crippen molar-refractivity contribution in [1.29, 1.82) is 0 Å². The van der Waals surface area contributed by atoms with Crippen molar-refractivity contribution in [2.24, 2.45) is 0 Å². The molecule has 1 aromatic rings. The average Bonchev–Trinajstić information content (AvgIpc) is 2.34. The van der Waals surface area contributed by atoms with E-state index in [9.17, 15) is 18.5 Å². The van der Waals surface area contributed by atoms with Gasteiger partial charge in [-0.3, -0.25) is 10.1 Å². The van der Waals surface area contributed by atoms with Crippen molar-refractivity contribution in [3.8, 4) is 0 Å². The third-order valence-corrected chi connectivity index (χ3v) is 4.74. The van der Waals surface area contributed by atoms with Gasteiger partial charge in [-0.15, -0.1) is 0 Å². The Bertz CT molecular complexity index is 643. The summed E-state index contributed by atoms with van der Waals surface area (Å²) in [5.41, 5.74) is 0.115. The van der Waals surface area contributed by atoms with Gasteiger partial charge in [-0.2, -0.15) is 4.31 Å². The molecule has 0 saturated carbocycles. The Labute approximate surface area is 122 Å². The fraction of sp³-hybridized carbons (Fsp3) is 0.333. The fourth-order valence-electron chi connectivity index (χ4n) is 1.66. The lowest BCUT2D eigenvalue weighted by Crippen LogP contribution is -2.32. The molecule has 20 heavy (non-hydrogen) atoms. The number of halogens is 1. The van der Waals surface area contributed by atoms with E-state index >= 15 is 0 Å². The number of rotatable bonds is 6. The maximum Gasteiger partial charge on any atom is 0.290 e. The number of nitro groups is 1. The van der Waals surface area contributed by atoms with Crippen LogP contribution < -0.4 is 0 Å². The Morgan fingerprint density at radius 2 is 2.10 bits per heavy atom. The number of nitro benzene ring substituents is 1. The summed E-state index contributed by atoms with van der Waals surface area (Å²) in [5, 5.41) is 11.1. The number of hydrogen-bond acceptors (Lipinski definition) is 4. The van der Waals surface area contributed by atoms with Gasteiger partial charge in [0.2, 0.25) is 10.0 Å². The van der Waals surface area contributed by atoms with Crippen molar-refractivity contribution in [2.45, 2.75) is 18.7 Å². The summed E-state index contributed by atoms with van der Waals surface area (Å²) in [4.78, 5) is 9.88. The third-order valence-electron chi connectivity index (χ3n) is 2.53. The Hall–Kier alpha value is -1.44. The molecule has 1 aromatic carbocycles. The van der Waals surface area contributed by atoms with E-state index in [1.54, 1.807) is 13.8 Å². The highest BCUT2D eigenvalue weighted by atomic mass is 35.5. The highest BCUT2D eigenvalue weighted by Gasteiger charge is 2.30. The molecular formula is C12H15ClN2O4S. The smallest absolute Gasteiger partial charge is 0.258 e. The molecule has 1 rings (SSSR count). The molecule has 0 bridgehead atoms. The van der Waals surface area contributed by atoms with Crippen molar-refractivity contribution in [3.63, 3.8) is 0 Å². The Kier molecular flexibility index (Phi) is 5.27. The SMILES string of the molecule is C=C(C)CN(CC)S(=O)(=O)c1ccc(Cl)cc1[N+](=O)[O-]. The van der Waals surface area contributed by atoms with Gasteiger partial charge in [0.05, 0.1) is 4.92 Å². The molecule has 0 saturated heterocycles. The van der Waals surface area contributed by atoms with E-state index in [1.807, 2.05) is 0 Å². The maximum atomic E-state index is 12.5. The monoisotopic (exact) mass is 318 g/mol. The van der Waals surface area contributed by atoms with E-state index in [0.29, 0.717) is 5.57 Å². The van der Waals surface area contributed by atoms with Crippen LogP contribution >= 0.6 is 11.6 Å². The molecule has 0 atom stereocenters. The lowest BCUT2D eigenvalue weighted by atomic mass is 10.3. The van der Waals surface area contributed by atoms with Gasteiger partial charge in [0.1, 0.15) is 0 Å². The van der Waals surface area contributed by atoms with Crippen LogP contribution in [0.5, 0.6) is 0 Å². The molecule has 0 aliphatic carbocycles. The summed E-state index contributed by atoms with van der Waals surface area (Å²) in [6.07, 6.45) is 0. The van der Waals surface area contributed by atoms with Gasteiger partial charge < -0.3 is 0 Å². The first-order valence-electron chi connectivity index (χ1n) is 5.78. The quantitative estimate of drug-likeness (QED) is 0.459. The van der Waals surface area contributed by atoms with Crippen molar-refractivity contribution >= 4 is 27.3 Å². The zero-order valence-electron chi connectivity index (χ0n) is 11.2. The number of sulfonamides is 1. The van der Waals surface area contributed by atoms with Crippen molar-refractivity contribution in [2.75, 3.05) is 13.1 Å². The first-order chi connectivity index (χ1) is 9.20. The number of hydrogen-bond donors (Lipinski definition) is 0. The van der Waals surface area contributed by atoms with Gasteiger partial charge in [-0.05, 0) is 19.1 Å². The van der Waals surface area contributed by atoms with Gasteiger partial charge >= 0.3 is 0 Å². The third kappa shape index (κ3) is 3.56. The molecule has 0 unspecified atom stereocenters. The standard InChI is InChI=1S/C12H15ClN2O4S/c1-4-14(8-9(2)3)20(18,19)12-6-5-10(13)7-11(12)15(16)17/h5-7H,2,4,8H2,1,3H3. The van der Waals surface area contributed by atoms with Crippen LogP contribution in [0.4, 0.5) is 5.69 Å². The highest BCUT2D eigenvalue weighted by molar-refractivity contribution is 7.89. The second-order valence-corrected chi connectivity index (χ2v) is 6.60. The number of nitrogens with zero attached hydrogens (tertiary/aromatic N) is 2. The van der Waals surface area contributed by atoms with E-state index in [-0.39, 0.29) is 23.0 Å². The summed E-state index contributed by atoms with van der Waals surface area (Å²) in [5.74, 6) is 0. The lowest BCUT2D eigenvalue weighted by molar-refractivity contribution is -0.387. The second kappa shape index (κ2) is 6.34. The first-order valence-corrected chi connectivity index (χ1v) is 7.60. The van der Waals surface area contributed by atoms with E-state index in [4.69, 9.17) is 11.6 Å². The zero-order chi connectivity index (χ0) is 15.5. The molecule has 0 N–H and O–H groups in total. The summed E-state index contributed by atoms with van der Waals surface area (Å²) in [6.45, 7) is 7.30. The van der Waals surface area contributed by atoms with Crippen LogP contribution in [0.1, 0.15) is 13.8 Å². The molecular weight excluding hydrogens is 304 g/mol. The first kappa shape index (κ1) is 16.6. The second-order valence-electron chi connectivity index (χ2n) is 4.26.